The summed E-state index contributed by atoms with van der Waals surface area (Å²) in [5.41, 5.74) is 0.728. The van der Waals surface area contributed by atoms with Crippen molar-refractivity contribution in [3.05, 3.63) is 53.5 Å². The number of benzene rings is 1. The van der Waals surface area contributed by atoms with Crippen molar-refractivity contribution >= 4 is 5.78 Å². The summed E-state index contributed by atoms with van der Waals surface area (Å²) < 4.78 is 16.1. The summed E-state index contributed by atoms with van der Waals surface area (Å²) in [4.78, 5) is 15.1. The van der Waals surface area contributed by atoms with Crippen molar-refractivity contribution in [3.8, 4) is 5.75 Å². The Morgan fingerprint density at radius 1 is 1.24 bits per heavy atom. The highest BCUT2D eigenvalue weighted by Crippen LogP contribution is 2.24. The Morgan fingerprint density at radius 3 is 2.88 bits per heavy atom. The zero-order chi connectivity index (χ0) is 17.6. The maximum atomic E-state index is 12.8. The van der Waals surface area contributed by atoms with E-state index in [4.69, 9.17) is 13.9 Å². The molecule has 2 aromatic rings. The highest BCUT2D eigenvalue weighted by atomic mass is 16.5. The van der Waals surface area contributed by atoms with Gasteiger partial charge >= 0.3 is 0 Å². The molecule has 0 saturated carbocycles. The largest absolute Gasteiger partial charge is 0.497 e. The third-order valence-electron chi connectivity index (χ3n) is 4.61. The van der Waals surface area contributed by atoms with E-state index >= 15 is 0 Å². The van der Waals surface area contributed by atoms with Crippen molar-refractivity contribution in [3.63, 3.8) is 0 Å². The van der Waals surface area contributed by atoms with E-state index in [2.05, 4.69) is 4.90 Å². The van der Waals surface area contributed by atoms with Gasteiger partial charge in [-0.2, -0.15) is 0 Å². The van der Waals surface area contributed by atoms with Gasteiger partial charge < -0.3 is 13.9 Å². The van der Waals surface area contributed by atoms with Gasteiger partial charge in [-0.3, -0.25) is 9.69 Å². The average molecular weight is 343 g/mol. The standard InChI is InChI=1S/C20H25NO4/c1-23-14-19-9-8-18(25-19)13-21-10-4-6-16(12-21)20(22)15-5-3-7-17(11-15)24-2/h3,5,7-9,11,16H,4,6,10,12-14H2,1-2H3. The van der Waals surface area contributed by atoms with E-state index in [-0.39, 0.29) is 11.7 Å². The molecule has 0 bridgehead atoms. The van der Waals surface area contributed by atoms with E-state index in [1.165, 1.54) is 0 Å². The average Bonchev–Trinajstić information content (AvgIpc) is 3.08. The van der Waals surface area contributed by atoms with Gasteiger partial charge in [0, 0.05) is 25.1 Å². The van der Waals surface area contributed by atoms with Crippen LogP contribution in [0.3, 0.4) is 0 Å². The number of piperidine rings is 1. The second-order valence-electron chi connectivity index (χ2n) is 6.47. The first kappa shape index (κ1) is 17.7. The lowest BCUT2D eigenvalue weighted by Gasteiger charge is -2.31. The number of Topliss-reactive ketones (excluding diaryl/α,β-unsaturated/α-hetero) is 1. The molecule has 134 valence electrons. The molecule has 1 saturated heterocycles. The molecule has 5 heteroatoms. The third kappa shape index (κ3) is 4.50. The van der Waals surface area contributed by atoms with Crippen LogP contribution in [0.4, 0.5) is 0 Å². The smallest absolute Gasteiger partial charge is 0.167 e. The fourth-order valence-electron chi connectivity index (χ4n) is 3.37. The number of nitrogens with zero attached hydrogens (tertiary/aromatic N) is 1. The molecule has 0 spiro atoms. The number of likely N-dealkylation sites (tertiary alicyclic amines) is 1. The fourth-order valence-corrected chi connectivity index (χ4v) is 3.37. The molecule has 3 rings (SSSR count). The van der Waals surface area contributed by atoms with Crippen LogP contribution in [0.15, 0.2) is 40.8 Å². The van der Waals surface area contributed by atoms with Crippen LogP contribution in [-0.4, -0.2) is 38.0 Å². The van der Waals surface area contributed by atoms with Crippen molar-refractivity contribution in [2.45, 2.75) is 26.0 Å². The van der Waals surface area contributed by atoms with Crippen molar-refractivity contribution in [1.82, 2.24) is 4.90 Å². The molecule has 1 unspecified atom stereocenters. The molecule has 0 amide bonds. The van der Waals surface area contributed by atoms with Gasteiger partial charge in [-0.15, -0.1) is 0 Å². The minimum Gasteiger partial charge on any atom is -0.497 e. The normalized spacial score (nSPS) is 18.2. The molecule has 0 radical (unpaired) electrons. The number of rotatable bonds is 7. The van der Waals surface area contributed by atoms with Crippen LogP contribution in [0.1, 0.15) is 34.7 Å². The molecule has 1 fully saturated rings. The molecule has 1 aromatic heterocycles. The third-order valence-corrected chi connectivity index (χ3v) is 4.61. The lowest BCUT2D eigenvalue weighted by Crippen LogP contribution is -2.38. The van der Waals surface area contributed by atoms with Crippen LogP contribution in [0.2, 0.25) is 0 Å². The first-order valence-corrected chi connectivity index (χ1v) is 8.66. The molecule has 1 atom stereocenters. The predicted octanol–water partition coefficient (Wildman–Crippen LogP) is 3.53. The molecule has 5 nitrogen and oxygen atoms in total. The number of ketones is 1. The summed E-state index contributed by atoms with van der Waals surface area (Å²) in [6, 6.07) is 11.4. The van der Waals surface area contributed by atoms with Crippen molar-refractivity contribution in [2.75, 3.05) is 27.3 Å². The lowest BCUT2D eigenvalue weighted by atomic mass is 9.90. The van der Waals surface area contributed by atoms with Gasteiger partial charge in [0.15, 0.2) is 5.78 Å². The fraction of sp³-hybridized carbons (Fsp3) is 0.450. The number of methoxy groups -OCH3 is 2. The quantitative estimate of drug-likeness (QED) is 0.720. The molecule has 25 heavy (non-hydrogen) atoms. The van der Waals surface area contributed by atoms with E-state index in [0.717, 1.165) is 55.3 Å². The number of carbonyl (C=O) groups excluding carboxylic acids is 1. The lowest BCUT2D eigenvalue weighted by molar-refractivity contribution is 0.0800. The van der Waals surface area contributed by atoms with Gasteiger partial charge in [0.05, 0.1) is 13.7 Å². The predicted molar refractivity (Wildman–Crippen MR) is 94.7 cm³/mol. The minimum absolute atomic E-state index is 0.0225. The number of hydrogen-bond acceptors (Lipinski definition) is 5. The molecule has 0 N–H and O–H groups in total. The van der Waals surface area contributed by atoms with Gasteiger partial charge in [0.25, 0.3) is 0 Å². The summed E-state index contributed by atoms with van der Waals surface area (Å²) in [6.45, 7) is 2.96. The van der Waals surface area contributed by atoms with Gasteiger partial charge in [0.1, 0.15) is 23.9 Å². The van der Waals surface area contributed by atoms with Gasteiger partial charge in [-0.05, 0) is 43.7 Å². The summed E-state index contributed by atoms with van der Waals surface area (Å²) in [7, 11) is 3.27. The Hall–Kier alpha value is -2.11. The Labute approximate surface area is 148 Å². The van der Waals surface area contributed by atoms with Crippen LogP contribution in [-0.2, 0) is 17.9 Å². The molecule has 2 heterocycles. The molecule has 1 aromatic carbocycles. The SMILES string of the molecule is COCc1ccc(CN2CCCC(C(=O)c3cccc(OC)c3)C2)o1. The molecular formula is C20H25NO4. The molecular weight excluding hydrogens is 318 g/mol. The second kappa shape index (κ2) is 8.32. The maximum absolute atomic E-state index is 12.8. The molecule has 0 aliphatic carbocycles. The topological polar surface area (TPSA) is 51.9 Å². The van der Waals surface area contributed by atoms with Crippen LogP contribution < -0.4 is 4.74 Å². The van der Waals surface area contributed by atoms with Crippen LogP contribution in [0, 0.1) is 5.92 Å². The van der Waals surface area contributed by atoms with Crippen molar-refractivity contribution < 1.29 is 18.7 Å². The maximum Gasteiger partial charge on any atom is 0.167 e. The molecule has 1 aliphatic rings. The zero-order valence-electron chi connectivity index (χ0n) is 14.9. The van der Waals surface area contributed by atoms with Crippen molar-refractivity contribution in [2.24, 2.45) is 5.92 Å². The Bertz CT molecular complexity index is 709. The van der Waals surface area contributed by atoms with Crippen LogP contribution in [0.25, 0.3) is 0 Å². The van der Waals surface area contributed by atoms with Gasteiger partial charge in [-0.25, -0.2) is 0 Å². The number of carbonyl (C=O) groups is 1. The number of ether oxygens (including phenoxy) is 2. The Kier molecular flexibility index (Phi) is 5.89. The second-order valence-corrected chi connectivity index (χ2v) is 6.47. The monoisotopic (exact) mass is 343 g/mol. The van der Waals surface area contributed by atoms with E-state index in [0.29, 0.717) is 6.61 Å². The summed E-state index contributed by atoms with van der Waals surface area (Å²) in [5.74, 6) is 2.69. The van der Waals surface area contributed by atoms with Gasteiger partial charge in [0.2, 0.25) is 0 Å². The number of hydrogen-bond donors (Lipinski definition) is 0. The highest BCUT2D eigenvalue weighted by Gasteiger charge is 2.27. The van der Waals surface area contributed by atoms with Gasteiger partial charge in [-0.1, -0.05) is 12.1 Å². The van der Waals surface area contributed by atoms with E-state index in [1.54, 1.807) is 14.2 Å². The summed E-state index contributed by atoms with van der Waals surface area (Å²) in [6.07, 6.45) is 1.95. The van der Waals surface area contributed by atoms with E-state index in [9.17, 15) is 4.79 Å². The van der Waals surface area contributed by atoms with E-state index < -0.39 is 0 Å². The Balaban J connectivity index is 1.62. The van der Waals surface area contributed by atoms with Crippen molar-refractivity contribution in [1.29, 1.82) is 0 Å². The summed E-state index contributed by atoms with van der Waals surface area (Å²) >= 11 is 0. The van der Waals surface area contributed by atoms with E-state index in [1.807, 2.05) is 36.4 Å². The first-order valence-electron chi connectivity index (χ1n) is 8.66. The van der Waals surface area contributed by atoms with Crippen LogP contribution >= 0.6 is 0 Å². The summed E-state index contributed by atoms with van der Waals surface area (Å²) in [5, 5.41) is 0. The highest BCUT2D eigenvalue weighted by molar-refractivity contribution is 5.98. The Morgan fingerprint density at radius 2 is 2.08 bits per heavy atom. The minimum atomic E-state index is 0.0225. The first-order chi connectivity index (χ1) is 12.2. The van der Waals surface area contributed by atoms with Crippen LogP contribution in [0.5, 0.6) is 5.75 Å². The molecule has 1 aliphatic heterocycles. The number of furan rings is 1. The zero-order valence-corrected chi connectivity index (χ0v) is 14.9.